The summed E-state index contributed by atoms with van der Waals surface area (Å²) in [6, 6.07) is 9.95. The Hall–Kier alpha value is -2.54. The number of carbonyl (C=O) groups excluding carboxylic acids is 1. The van der Waals surface area contributed by atoms with Crippen LogP contribution in [0.1, 0.15) is 32.0 Å². The van der Waals surface area contributed by atoms with E-state index in [1.54, 1.807) is 4.90 Å². The number of hydrogen-bond donors (Lipinski definition) is 0. The second-order valence-electron chi connectivity index (χ2n) is 7.99. The lowest BCUT2D eigenvalue weighted by molar-refractivity contribution is -0.0562. The van der Waals surface area contributed by atoms with E-state index in [2.05, 4.69) is 5.10 Å². The minimum Gasteiger partial charge on any atom is -0.474 e. The van der Waals surface area contributed by atoms with Gasteiger partial charge in [-0.1, -0.05) is 18.2 Å². The summed E-state index contributed by atoms with van der Waals surface area (Å²) in [5.74, 6) is 0.583. The number of rotatable bonds is 4. The first-order valence-electron chi connectivity index (χ1n) is 9.58. The number of benzene rings is 1. The maximum absolute atomic E-state index is 12.3. The van der Waals surface area contributed by atoms with E-state index in [0.29, 0.717) is 32.2 Å². The number of ether oxygens (including phenoxy) is 3. The van der Waals surface area contributed by atoms with Crippen LogP contribution in [-0.4, -0.2) is 58.8 Å². The maximum atomic E-state index is 12.3. The first kappa shape index (κ1) is 20.2. The molecule has 7 nitrogen and oxygen atoms in total. The van der Waals surface area contributed by atoms with Crippen LogP contribution < -0.4 is 4.74 Å². The quantitative estimate of drug-likeness (QED) is 0.803. The number of hydrogen-bond acceptors (Lipinski definition) is 5. The molecule has 1 aliphatic rings. The fourth-order valence-corrected chi connectivity index (χ4v) is 3.00. The van der Waals surface area contributed by atoms with E-state index < -0.39 is 5.60 Å². The summed E-state index contributed by atoms with van der Waals surface area (Å²) in [5, 5.41) is 4.60. The molecule has 152 valence electrons. The number of carbonyl (C=O) groups is 1. The van der Waals surface area contributed by atoms with Gasteiger partial charge < -0.3 is 19.1 Å². The van der Waals surface area contributed by atoms with Crippen molar-refractivity contribution in [3.05, 3.63) is 41.6 Å². The molecule has 1 atom stereocenters. The molecule has 0 saturated carbocycles. The highest BCUT2D eigenvalue weighted by Crippen LogP contribution is 2.23. The summed E-state index contributed by atoms with van der Waals surface area (Å²) < 4.78 is 19.0. The highest BCUT2D eigenvalue weighted by molar-refractivity contribution is 5.68. The molecular weight excluding hydrogens is 358 g/mol. The molecule has 0 unspecified atom stereocenters. The average molecular weight is 387 g/mol. The highest BCUT2D eigenvalue weighted by Gasteiger charge is 2.29. The fourth-order valence-electron chi connectivity index (χ4n) is 3.00. The normalized spacial score (nSPS) is 17.5. The SMILES string of the molecule is Cc1c(OC[C@H]2CN(C(=O)OC(C)(C)C)CCO2)nn(-c2ccccc2)c1C. The molecule has 7 heteroatoms. The number of para-hydroxylation sites is 1. The van der Waals surface area contributed by atoms with Crippen molar-refractivity contribution >= 4 is 6.09 Å². The number of aromatic nitrogens is 2. The van der Waals surface area contributed by atoms with Gasteiger partial charge in [-0.25, -0.2) is 9.48 Å². The molecule has 28 heavy (non-hydrogen) atoms. The molecular formula is C21H29N3O4. The van der Waals surface area contributed by atoms with Crippen LogP contribution in [0.4, 0.5) is 4.79 Å². The van der Waals surface area contributed by atoms with E-state index in [4.69, 9.17) is 14.2 Å². The molecule has 0 radical (unpaired) electrons. The van der Waals surface area contributed by atoms with Crippen LogP contribution >= 0.6 is 0 Å². The van der Waals surface area contributed by atoms with Crippen LogP contribution in [0.3, 0.4) is 0 Å². The monoisotopic (exact) mass is 387 g/mol. The van der Waals surface area contributed by atoms with Gasteiger partial charge in [-0.3, -0.25) is 0 Å². The molecule has 2 heterocycles. The van der Waals surface area contributed by atoms with E-state index in [1.807, 2.05) is 69.6 Å². The molecule has 1 aromatic carbocycles. The van der Waals surface area contributed by atoms with Gasteiger partial charge in [0.2, 0.25) is 5.88 Å². The summed E-state index contributed by atoms with van der Waals surface area (Å²) in [6.45, 7) is 11.3. The molecule has 0 aliphatic carbocycles. The molecule has 0 bridgehead atoms. The zero-order valence-corrected chi connectivity index (χ0v) is 17.3. The third kappa shape index (κ3) is 4.84. The molecule has 1 fully saturated rings. The van der Waals surface area contributed by atoms with Crippen LogP contribution in [-0.2, 0) is 9.47 Å². The molecule has 0 spiro atoms. The van der Waals surface area contributed by atoms with Crippen molar-refractivity contribution in [3.63, 3.8) is 0 Å². The predicted molar refractivity (Wildman–Crippen MR) is 106 cm³/mol. The van der Waals surface area contributed by atoms with Crippen molar-refractivity contribution in [2.45, 2.75) is 46.3 Å². The van der Waals surface area contributed by atoms with Crippen LogP contribution in [0.25, 0.3) is 5.69 Å². The fraction of sp³-hybridized carbons (Fsp3) is 0.524. The number of nitrogens with zero attached hydrogens (tertiary/aromatic N) is 3. The second-order valence-corrected chi connectivity index (χ2v) is 7.99. The van der Waals surface area contributed by atoms with Crippen molar-refractivity contribution in [1.82, 2.24) is 14.7 Å². The Labute approximate surface area is 166 Å². The first-order chi connectivity index (χ1) is 13.2. The van der Waals surface area contributed by atoms with Gasteiger partial charge in [-0.05, 0) is 46.8 Å². The van der Waals surface area contributed by atoms with Gasteiger partial charge >= 0.3 is 6.09 Å². The van der Waals surface area contributed by atoms with E-state index in [0.717, 1.165) is 16.9 Å². The average Bonchev–Trinajstić information content (AvgIpc) is 2.94. The maximum Gasteiger partial charge on any atom is 0.410 e. The van der Waals surface area contributed by atoms with Crippen molar-refractivity contribution in [3.8, 4) is 11.6 Å². The van der Waals surface area contributed by atoms with Gasteiger partial charge in [0, 0.05) is 17.8 Å². The van der Waals surface area contributed by atoms with Gasteiger partial charge in [-0.15, -0.1) is 5.10 Å². The molecule has 3 rings (SSSR count). The first-order valence-corrected chi connectivity index (χ1v) is 9.58. The molecule has 1 aliphatic heterocycles. The van der Waals surface area contributed by atoms with Crippen molar-refractivity contribution in [1.29, 1.82) is 0 Å². The topological polar surface area (TPSA) is 65.8 Å². The minimum atomic E-state index is -0.514. The molecule has 2 aromatic rings. The summed E-state index contributed by atoms with van der Waals surface area (Å²) in [4.78, 5) is 14.0. The zero-order valence-electron chi connectivity index (χ0n) is 17.3. The minimum absolute atomic E-state index is 0.220. The Balaban J connectivity index is 1.62. The highest BCUT2D eigenvalue weighted by atomic mass is 16.6. The summed E-state index contributed by atoms with van der Waals surface area (Å²) in [5.41, 5.74) is 2.49. The van der Waals surface area contributed by atoms with Crippen LogP contribution in [0.15, 0.2) is 30.3 Å². The number of amides is 1. The molecule has 1 saturated heterocycles. The van der Waals surface area contributed by atoms with Crippen LogP contribution in [0, 0.1) is 13.8 Å². The molecule has 1 amide bonds. The Bertz CT molecular complexity index is 811. The van der Waals surface area contributed by atoms with Crippen LogP contribution in [0.2, 0.25) is 0 Å². The lowest BCUT2D eigenvalue weighted by Gasteiger charge is -2.34. The van der Waals surface area contributed by atoms with Crippen molar-refractivity contribution in [2.24, 2.45) is 0 Å². The Morgan fingerprint density at radius 2 is 1.96 bits per heavy atom. The lowest BCUT2D eigenvalue weighted by atomic mass is 10.2. The van der Waals surface area contributed by atoms with E-state index in [1.165, 1.54) is 0 Å². The summed E-state index contributed by atoms with van der Waals surface area (Å²) in [7, 11) is 0. The largest absolute Gasteiger partial charge is 0.474 e. The van der Waals surface area contributed by atoms with Gasteiger partial charge in [0.15, 0.2) is 0 Å². The van der Waals surface area contributed by atoms with Crippen LogP contribution in [0.5, 0.6) is 5.88 Å². The van der Waals surface area contributed by atoms with Gasteiger partial charge in [-0.2, -0.15) is 0 Å². The van der Waals surface area contributed by atoms with Gasteiger partial charge in [0.25, 0.3) is 0 Å². The third-order valence-corrected chi connectivity index (χ3v) is 4.57. The standard InChI is InChI=1S/C21H29N3O4/c1-15-16(2)24(17-9-7-6-8-10-17)22-19(15)27-14-18-13-23(11-12-26-18)20(25)28-21(3,4)5/h6-10,18H,11-14H2,1-5H3/t18-/m1/s1. The predicted octanol–water partition coefficient (Wildman–Crippen LogP) is 3.50. The van der Waals surface area contributed by atoms with Crippen molar-refractivity contribution < 1.29 is 19.0 Å². The van der Waals surface area contributed by atoms with Gasteiger partial charge in [0.1, 0.15) is 18.3 Å². The number of morpholine rings is 1. The smallest absolute Gasteiger partial charge is 0.410 e. The lowest BCUT2D eigenvalue weighted by Crippen LogP contribution is -2.49. The summed E-state index contributed by atoms with van der Waals surface area (Å²) >= 11 is 0. The zero-order chi connectivity index (χ0) is 20.3. The second kappa shape index (κ2) is 8.22. The summed E-state index contributed by atoms with van der Waals surface area (Å²) in [6.07, 6.45) is -0.538. The van der Waals surface area contributed by atoms with Gasteiger partial charge in [0.05, 0.1) is 18.8 Å². The Morgan fingerprint density at radius 1 is 1.25 bits per heavy atom. The third-order valence-electron chi connectivity index (χ3n) is 4.57. The molecule has 0 N–H and O–H groups in total. The van der Waals surface area contributed by atoms with E-state index in [-0.39, 0.29) is 12.2 Å². The van der Waals surface area contributed by atoms with E-state index in [9.17, 15) is 4.79 Å². The molecule has 1 aromatic heterocycles. The Morgan fingerprint density at radius 3 is 2.64 bits per heavy atom. The van der Waals surface area contributed by atoms with E-state index >= 15 is 0 Å². The van der Waals surface area contributed by atoms with Crippen molar-refractivity contribution in [2.75, 3.05) is 26.3 Å². The Kier molecular flexibility index (Phi) is 5.93.